The Labute approximate surface area is 167 Å². The first-order valence-electron chi connectivity index (χ1n) is 8.86. The lowest BCUT2D eigenvalue weighted by atomic mass is 10.1. The number of nitrogens with one attached hydrogen (secondary N) is 1. The van der Waals surface area contributed by atoms with Crippen molar-refractivity contribution in [1.82, 2.24) is 4.57 Å². The predicted molar refractivity (Wildman–Crippen MR) is 104 cm³/mol. The normalized spacial score (nSPS) is 13.1. The lowest BCUT2D eigenvalue weighted by molar-refractivity contribution is -0.137. The molecule has 5 nitrogen and oxygen atoms in total. The number of alkyl halides is 3. The molecule has 29 heavy (non-hydrogen) atoms. The number of nitrogens with zero attached hydrogens (tertiary/aromatic N) is 2. The van der Waals surface area contributed by atoms with E-state index >= 15 is 0 Å². The summed E-state index contributed by atoms with van der Waals surface area (Å²) < 4.78 is 45.7. The molecule has 154 valence electrons. The highest BCUT2D eigenvalue weighted by atomic mass is 19.4. The SMILES string of the molecule is COCC(C)n1c(C)cc(/C=C(\C#N)C(=O)Nc2cccc(C(F)(F)F)c2)c1C. The lowest BCUT2D eigenvalue weighted by Gasteiger charge is -2.17. The first-order chi connectivity index (χ1) is 13.6. The Kier molecular flexibility index (Phi) is 6.88. The second kappa shape index (κ2) is 8.97. The van der Waals surface area contributed by atoms with E-state index in [1.54, 1.807) is 7.11 Å². The molecule has 0 aliphatic rings. The first kappa shape index (κ1) is 22.2. The summed E-state index contributed by atoms with van der Waals surface area (Å²) in [6.07, 6.45) is -3.09. The highest BCUT2D eigenvalue weighted by Crippen LogP contribution is 2.31. The summed E-state index contributed by atoms with van der Waals surface area (Å²) in [5.74, 6) is -0.776. The number of benzene rings is 1. The van der Waals surface area contributed by atoms with E-state index in [9.17, 15) is 23.2 Å². The van der Waals surface area contributed by atoms with Crippen molar-refractivity contribution in [2.75, 3.05) is 19.0 Å². The second-order valence-corrected chi connectivity index (χ2v) is 6.70. The molecule has 2 rings (SSSR count). The number of anilines is 1. The topological polar surface area (TPSA) is 67.0 Å². The van der Waals surface area contributed by atoms with Gasteiger partial charge in [0.2, 0.25) is 0 Å². The van der Waals surface area contributed by atoms with Gasteiger partial charge in [-0.1, -0.05) is 6.07 Å². The average molecular weight is 405 g/mol. The number of carbonyl (C=O) groups excluding carboxylic acids is 1. The average Bonchev–Trinajstić information content (AvgIpc) is 2.92. The summed E-state index contributed by atoms with van der Waals surface area (Å²) in [5, 5.41) is 11.7. The van der Waals surface area contributed by atoms with Crippen LogP contribution < -0.4 is 5.32 Å². The maximum absolute atomic E-state index is 12.8. The van der Waals surface area contributed by atoms with Crippen molar-refractivity contribution in [3.8, 4) is 6.07 Å². The molecule has 1 amide bonds. The first-order valence-corrected chi connectivity index (χ1v) is 8.86. The molecule has 1 aromatic carbocycles. The summed E-state index contributed by atoms with van der Waals surface area (Å²) >= 11 is 0. The number of aromatic nitrogens is 1. The summed E-state index contributed by atoms with van der Waals surface area (Å²) in [6, 6.07) is 7.99. The van der Waals surface area contributed by atoms with Gasteiger partial charge in [-0.05, 0) is 56.7 Å². The van der Waals surface area contributed by atoms with Crippen molar-refractivity contribution in [2.24, 2.45) is 0 Å². The standard InChI is InChI=1S/C21H22F3N3O2/c1-13-8-16(15(3)27(13)14(2)12-29-4)9-17(11-25)20(28)26-19-7-5-6-18(10-19)21(22,23)24/h5-10,14H,12H2,1-4H3,(H,26,28)/b17-9+. The molecule has 1 heterocycles. The molecule has 0 bridgehead atoms. The zero-order chi connectivity index (χ0) is 21.8. The summed E-state index contributed by atoms with van der Waals surface area (Å²) in [5.41, 5.74) is 1.35. The summed E-state index contributed by atoms with van der Waals surface area (Å²) in [4.78, 5) is 12.4. The van der Waals surface area contributed by atoms with E-state index in [0.29, 0.717) is 12.2 Å². The van der Waals surface area contributed by atoms with Crippen LogP contribution in [0.2, 0.25) is 0 Å². The third kappa shape index (κ3) is 5.27. The van der Waals surface area contributed by atoms with Crippen molar-refractivity contribution in [3.05, 3.63) is 58.4 Å². The summed E-state index contributed by atoms with van der Waals surface area (Å²) in [7, 11) is 1.61. The number of methoxy groups -OCH3 is 1. The fraction of sp³-hybridized carbons (Fsp3) is 0.333. The highest BCUT2D eigenvalue weighted by molar-refractivity contribution is 6.09. The molecule has 2 aromatic rings. The second-order valence-electron chi connectivity index (χ2n) is 6.70. The quantitative estimate of drug-likeness (QED) is 0.550. The van der Waals surface area contributed by atoms with Gasteiger partial charge < -0.3 is 14.6 Å². The molecule has 0 saturated carbocycles. The maximum Gasteiger partial charge on any atom is 0.416 e. The Morgan fingerprint density at radius 2 is 2.03 bits per heavy atom. The Bertz CT molecular complexity index is 969. The van der Waals surface area contributed by atoms with Gasteiger partial charge in [0, 0.05) is 24.2 Å². The number of aryl methyl sites for hydroxylation is 1. The van der Waals surface area contributed by atoms with Crippen LogP contribution in [-0.2, 0) is 15.7 Å². The van der Waals surface area contributed by atoms with Crippen molar-refractivity contribution < 1.29 is 22.7 Å². The van der Waals surface area contributed by atoms with Gasteiger partial charge in [0.1, 0.15) is 11.6 Å². The fourth-order valence-corrected chi connectivity index (χ4v) is 3.22. The Hall–Kier alpha value is -3.05. The van der Waals surface area contributed by atoms with Gasteiger partial charge in [-0.3, -0.25) is 4.79 Å². The maximum atomic E-state index is 12.8. The van der Waals surface area contributed by atoms with Gasteiger partial charge in [-0.15, -0.1) is 0 Å². The van der Waals surface area contributed by atoms with E-state index in [4.69, 9.17) is 4.74 Å². The van der Waals surface area contributed by atoms with Gasteiger partial charge in [-0.2, -0.15) is 18.4 Å². The van der Waals surface area contributed by atoms with E-state index < -0.39 is 17.6 Å². The van der Waals surface area contributed by atoms with Gasteiger partial charge >= 0.3 is 6.18 Å². The minimum atomic E-state index is -4.52. The monoisotopic (exact) mass is 405 g/mol. The Balaban J connectivity index is 2.30. The van der Waals surface area contributed by atoms with Gasteiger partial charge in [0.05, 0.1) is 18.2 Å². The van der Waals surface area contributed by atoms with Crippen molar-refractivity contribution in [1.29, 1.82) is 5.26 Å². The van der Waals surface area contributed by atoms with Crippen LogP contribution in [0.4, 0.5) is 18.9 Å². The van der Waals surface area contributed by atoms with Crippen molar-refractivity contribution >= 4 is 17.7 Å². The number of amides is 1. The van der Waals surface area contributed by atoms with E-state index in [0.717, 1.165) is 23.5 Å². The van der Waals surface area contributed by atoms with Crippen molar-refractivity contribution in [2.45, 2.75) is 33.0 Å². The third-order valence-electron chi connectivity index (χ3n) is 4.48. The number of carbonyl (C=O) groups is 1. The number of ether oxygens (including phenoxy) is 1. The number of hydrogen-bond acceptors (Lipinski definition) is 3. The fourth-order valence-electron chi connectivity index (χ4n) is 3.22. The molecule has 0 saturated heterocycles. The molecule has 0 aliphatic carbocycles. The molecule has 0 spiro atoms. The molecular weight excluding hydrogens is 383 g/mol. The largest absolute Gasteiger partial charge is 0.416 e. The van der Waals surface area contributed by atoms with Gasteiger partial charge in [0.25, 0.3) is 5.91 Å². The molecule has 0 radical (unpaired) electrons. The zero-order valence-electron chi connectivity index (χ0n) is 16.6. The lowest BCUT2D eigenvalue weighted by Crippen LogP contribution is -2.15. The van der Waals surface area contributed by atoms with E-state index in [2.05, 4.69) is 5.32 Å². The van der Waals surface area contributed by atoms with Crippen LogP contribution in [0.1, 0.15) is 35.5 Å². The minimum Gasteiger partial charge on any atom is -0.383 e. The van der Waals surface area contributed by atoms with Gasteiger partial charge in [0.15, 0.2) is 0 Å². The number of rotatable bonds is 6. The van der Waals surface area contributed by atoms with Crippen LogP contribution in [-0.4, -0.2) is 24.2 Å². The van der Waals surface area contributed by atoms with Crippen LogP contribution in [0.25, 0.3) is 6.08 Å². The van der Waals surface area contributed by atoms with Crippen LogP contribution in [0, 0.1) is 25.2 Å². The predicted octanol–water partition coefficient (Wildman–Crippen LogP) is 4.88. The Morgan fingerprint density at radius 3 is 2.62 bits per heavy atom. The molecule has 1 unspecified atom stereocenters. The van der Waals surface area contributed by atoms with E-state index in [1.165, 1.54) is 18.2 Å². The van der Waals surface area contributed by atoms with Crippen molar-refractivity contribution in [3.63, 3.8) is 0 Å². The molecule has 1 N–H and O–H groups in total. The molecule has 1 aromatic heterocycles. The molecule has 0 aliphatic heterocycles. The third-order valence-corrected chi connectivity index (χ3v) is 4.48. The van der Waals surface area contributed by atoms with Crippen LogP contribution in [0.5, 0.6) is 0 Å². The number of hydrogen-bond donors (Lipinski definition) is 1. The van der Waals surface area contributed by atoms with E-state index in [1.807, 2.05) is 37.5 Å². The van der Waals surface area contributed by atoms with Crippen LogP contribution >= 0.6 is 0 Å². The number of nitriles is 1. The minimum absolute atomic E-state index is 0.0369. The van der Waals surface area contributed by atoms with Gasteiger partial charge in [-0.25, -0.2) is 0 Å². The highest BCUT2D eigenvalue weighted by Gasteiger charge is 2.30. The summed E-state index contributed by atoms with van der Waals surface area (Å²) in [6.45, 7) is 6.26. The van der Waals surface area contributed by atoms with E-state index in [-0.39, 0.29) is 17.3 Å². The van der Waals surface area contributed by atoms with Crippen LogP contribution in [0.15, 0.2) is 35.9 Å². The van der Waals surface area contributed by atoms with Crippen LogP contribution in [0.3, 0.4) is 0 Å². The Morgan fingerprint density at radius 1 is 1.34 bits per heavy atom. The zero-order valence-corrected chi connectivity index (χ0v) is 16.6. The molecule has 8 heteroatoms. The molecule has 0 fully saturated rings. The molecule has 1 atom stereocenters. The smallest absolute Gasteiger partial charge is 0.383 e. The number of halogens is 3. The molecular formula is C21H22F3N3O2.